The number of rotatable bonds is 3. The molecule has 1 aromatic heterocycles. The topological polar surface area (TPSA) is 69.3 Å². The van der Waals surface area contributed by atoms with Gasteiger partial charge in [-0.3, -0.25) is 4.79 Å². The Kier molecular flexibility index (Phi) is 4.00. The Morgan fingerprint density at radius 3 is 3.17 bits per heavy atom. The quantitative estimate of drug-likeness (QED) is 0.873. The Bertz CT molecular complexity index is 436. The summed E-state index contributed by atoms with van der Waals surface area (Å²) in [4.78, 5) is 14.0. The van der Waals surface area contributed by atoms with Crippen LogP contribution in [0.2, 0.25) is 0 Å². The summed E-state index contributed by atoms with van der Waals surface area (Å²) in [7, 11) is 0. The summed E-state index contributed by atoms with van der Waals surface area (Å²) in [5.74, 6) is 0.755. The van der Waals surface area contributed by atoms with Gasteiger partial charge in [0.15, 0.2) is 0 Å². The summed E-state index contributed by atoms with van der Waals surface area (Å²) in [6.07, 6.45) is 2.69. The highest BCUT2D eigenvalue weighted by atomic mass is 16.3. The lowest BCUT2D eigenvalue weighted by molar-refractivity contribution is -0.133. The molecule has 2 atom stereocenters. The SMILES string of the molecule is CC1CCN(Cc2ccco2)C(=O)C(CC#N)N1. The van der Waals surface area contributed by atoms with Gasteiger partial charge in [-0.05, 0) is 25.5 Å². The summed E-state index contributed by atoms with van der Waals surface area (Å²) in [5.41, 5.74) is 0. The van der Waals surface area contributed by atoms with E-state index in [1.807, 2.05) is 19.1 Å². The van der Waals surface area contributed by atoms with Gasteiger partial charge in [0.05, 0.1) is 25.3 Å². The molecule has 5 nitrogen and oxygen atoms in total. The molecule has 1 aromatic rings. The molecule has 2 unspecified atom stereocenters. The average molecular weight is 247 g/mol. The second-order valence-corrected chi connectivity index (χ2v) is 4.61. The molecule has 1 fully saturated rings. The summed E-state index contributed by atoms with van der Waals surface area (Å²) in [6.45, 7) is 3.20. The van der Waals surface area contributed by atoms with E-state index < -0.39 is 6.04 Å². The molecule has 0 aromatic carbocycles. The lowest BCUT2D eigenvalue weighted by Crippen LogP contribution is -2.44. The smallest absolute Gasteiger partial charge is 0.241 e. The number of hydrogen-bond donors (Lipinski definition) is 1. The Hall–Kier alpha value is -1.80. The fraction of sp³-hybridized carbons (Fsp3) is 0.538. The highest BCUT2D eigenvalue weighted by Gasteiger charge is 2.29. The van der Waals surface area contributed by atoms with E-state index in [0.717, 1.165) is 12.2 Å². The average Bonchev–Trinajstić information content (AvgIpc) is 2.81. The van der Waals surface area contributed by atoms with Gasteiger partial charge in [-0.1, -0.05) is 0 Å². The molecule has 96 valence electrons. The van der Waals surface area contributed by atoms with Crippen molar-refractivity contribution >= 4 is 5.91 Å². The highest BCUT2D eigenvalue weighted by Crippen LogP contribution is 2.13. The molecular formula is C13H17N3O2. The molecule has 1 saturated heterocycles. The van der Waals surface area contributed by atoms with Crippen LogP contribution >= 0.6 is 0 Å². The molecule has 1 amide bonds. The summed E-state index contributed by atoms with van der Waals surface area (Å²) < 4.78 is 5.27. The Balaban J connectivity index is 2.09. The van der Waals surface area contributed by atoms with Crippen molar-refractivity contribution in [1.29, 1.82) is 5.26 Å². The minimum atomic E-state index is -0.400. The predicted molar refractivity (Wildman–Crippen MR) is 65.4 cm³/mol. The number of nitrogens with zero attached hydrogens (tertiary/aromatic N) is 2. The maximum atomic E-state index is 12.3. The third-order valence-electron chi connectivity index (χ3n) is 3.15. The van der Waals surface area contributed by atoms with E-state index in [9.17, 15) is 4.79 Å². The van der Waals surface area contributed by atoms with Gasteiger partial charge in [0, 0.05) is 12.6 Å². The van der Waals surface area contributed by atoms with Crippen molar-refractivity contribution in [3.05, 3.63) is 24.2 Å². The normalized spacial score (nSPS) is 24.7. The van der Waals surface area contributed by atoms with Gasteiger partial charge in [-0.15, -0.1) is 0 Å². The lowest BCUT2D eigenvalue weighted by atomic mass is 10.2. The first kappa shape index (κ1) is 12.7. The standard InChI is InChI=1S/C13H17N3O2/c1-10-5-7-16(9-11-3-2-8-18-11)13(17)12(15-10)4-6-14/h2-3,8,10,12,15H,4-5,7,9H2,1H3. The van der Waals surface area contributed by atoms with Crippen molar-refractivity contribution < 1.29 is 9.21 Å². The van der Waals surface area contributed by atoms with E-state index in [1.165, 1.54) is 0 Å². The molecule has 1 aliphatic rings. The Labute approximate surface area is 106 Å². The number of hydrogen-bond acceptors (Lipinski definition) is 4. The molecule has 0 radical (unpaired) electrons. The first-order valence-electron chi connectivity index (χ1n) is 6.15. The zero-order valence-corrected chi connectivity index (χ0v) is 10.4. The van der Waals surface area contributed by atoms with Gasteiger partial charge < -0.3 is 14.6 Å². The van der Waals surface area contributed by atoms with Crippen molar-refractivity contribution in [3.63, 3.8) is 0 Å². The largest absolute Gasteiger partial charge is 0.467 e. The van der Waals surface area contributed by atoms with E-state index in [4.69, 9.17) is 9.68 Å². The Morgan fingerprint density at radius 1 is 1.67 bits per heavy atom. The van der Waals surface area contributed by atoms with Crippen molar-refractivity contribution in [2.24, 2.45) is 0 Å². The molecule has 0 aliphatic carbocycles. The molecule has 2 heterocycles. The fourth-order valence-electron chi connectivity index (χ4n) is 2.16. The summed E-state index contributed by atoms with van der Waals surface area (Å²) in [6, 6.07) is 5.57. The molecule has 0 saturated carbocycles. The van der Waals surface area contributed by atoms with Gasteiger partial charge >= 0.3 is 0 Å². The van der Waals surface area contributed by atoms with Gasteiger partial charge in [-0.2, -0.15) is 5.26 Å². The zero-order valence-electron chi connectivity index (χ0n) is 10.4. The van der Waals surface area contributed by atoms with Crippen molar-refractivity contribution in [1.82, 2.24) is 10.2 Å². The third-order valence-corrected chi connectivity index (χ3v) is 3.15. The van der Waals surface area contributed by atoms with Gasteiger partial charge in [0.2, 0.25) is 5.91 Å². The molecule has 5 heteroatoms. The van der Waals surface area contributed by atoms with Gasteiger partial charge in [0.25, 0.3) is 0 Å². The van der Waals surface area contributed by atoms with E-state index in [1.54, 1.807) is 11.2 Å². The van der Waals surface area contributed by atoms with E-state index in [-0.39, 0.29) is 18.4 Å². The van der Waals surface area contributed by atoms with Crippen LogP contribution in [0.15, 0.2) is 22.8 Å². The number of amides is 1. The number of nitriles is 1. The van der Waals surface area contributed by atoms with Crippen LogP contribution in [0.25, 0.3) is 0 Å². The highest BCUT2D eigenvalue weighted by molar-refractivity contribution is 5.82. The molecule has 1 aliphatic heterocycles. The van der Waals surface area contributed by atoms with E-state index in [2.05, 4.69) is 11.4 Å². The number of carbonyl (C=O) groups is 1. The third kappa shape index (κ3) is 2.90. The minimum Gasteiger partial charge on any atom is -0.467 e. The Morgan fingerprint density at radius 2 is 2.50 bits per heavy atom. The van der Waals surface area contributed by atoms with Crippen LogP contribution in [0.4, 0.5) is 0 Å². The zero-order chi connectivity index (χ0) is 13.0. The van der Waals surface area contributed by atoms with Crippen LogP contribution < -0.4 is 5.32 Å². The van der Waals surface area contributed by atoms with Crippen LogP contribution in [0, 0.1) is 11.3 Å². The maximum absolute atomic E-state index is 12.3. The number of carbonyl (C=O) groups excluding carboxylic acids is 1. The van der Waals surface area contributed by atoms with Crippen molar-refractivity contribution in [2.75, 3.05) is 6.54 Å². The van der Waals surface area contributed by atoms with Crippen molar-refractivity contribution in [3.8, 4) is 6.07 Å². The molecule has 1 N–H and O–H groups in total. The van der Waals surface area contributed by atoms with Crippen LogP contribution in [-0.2, 0) is 11.3 Å². The predicted octanol–water partition coefficient (Wildman–Crippen LogP) is 1.27. The monoisotopic (exact) mass is 247 g/mol. The molecule has 2 rings (SSSR count). The van der Waals surface area contributed by atoms with Crippen molar-refractivity contribution in [2.45, 2.75) is 38.4 Å². The fourth-order valence-corrected chi connectivity index (χ4v) is 2.16. The van der Waals surface area contributed by atoms with E-state index in [0.29, 0.717) is 13.1 Å². The number of nitrogens with one attached hydrogen (secondary N) is 1. The molecule has 0 bridgehead atoms. The van der Waals surface area contributed by atoms with Gasteiger partial charge in [-0.25, -0.2) is 0 Å². The van der Waals surface area contributed by atoms with E-state index >= 15 is 0 Å². The number of furan rings is 1. The minimum absolute atomic E-state index is 0.0164. The van der Waals surface area contributed by atoms with Crippen LogP contribution in [0.5, 0.6) is 0 Å². The summed E-state index contributed by atoms with van der Waals surface area (Å²) >= 11 is 0. The second-order valence-electron chi connectivity index (χ2n) is 4.61. The molecule has 18 heavy (non-hydrogen) atoms. The van der Waals surface area contributed by atoms with Crippen LogP contribution in [0.1, 0.15) is 25.5 Å². The first-order chi connectivity index (χ1) is 8.70. The van der Waals surface area contributed by atoms with Crippen LogP contribution in [0.3, 0.4) is 0 Å². The van der Waals surface area contributed by atoms with Gasteiger partial charge in [0.1, 0.15) is 11.8 Å². The summed E-state index contributed by atoms with van der Waals surface area (Å²) in [5, 5.41) is 12.0. The lowest BCUT2D eigenvalue weighted by Gasteiger charge is -2.22. The second kappa shape index (κ2) is 5.69. The first-order valence-corrected chi connectivity index (χ1v) is 6.15. The molecule has 0 spiro atoms. The maximum Gasteiger partial charge on any atom is 0.241 e. The molecular weight excluding hydrogens is 230 g/mol. The van der Waals surface area contributed by atoms with Crippen LogP contribution in [-0.4, -0.2) is 29.4 Å².